The third-order valence-electron chi connectivity index (χ3n) is 1.90. The maximum absolute atomic E-state index is 5.48. The zero-order chi connectivity index (χ0) is 7.56. The van der Waals surface area contributed by atoms with Crippen molar-refractivity contribution in [2.75, 3.05) is 6.61 Å². The van der Waals surface area contributed by atoms with E-state index in [4.69, 9.17) is 4.74 Å². The molecule has 10 heavy (non-hydrogen) atoms. The highest BCUT2D eigenvalue weighted by atomic mass is 16.5. The van der Waals surface area contributed by atoms with Gasteiger partial charge in [0.25, 0.3) is 0 Å². The van der Waals surface area contributed by atoms with Crippen molar-refractivity contribution in [3.63, 3.8) is 0 Å². The lowest BCUT2D eigenvalue weighted by Crippen LogP contribution is -2.11. The molecule has 1 unspecified atom stereocenters. The fourth-order valence-electron chi connectivity index (χ4n) is 1.24. The first kappa shape index (κ1) is 7.80. The first-order valence-electron chi connectivity index (χ1n) is 3.98. The Labute approximate surface area is 63.1 Å². The molecule has 1 nitrogen and oxygen atoms in total. The summed E-state index contributed by atoms with van der Waals surface area (Å²) in [5.74, 6) is 0.742. The standard InChI is InChI=1S/C9H16O/c1-7(2)6-9-8(3)4-5-10-9/h4,7,9H,5-6H2,1-3H3. The Kier molecular flexibility index (Phi) is 2.50. The van der Waals surface area contributed by atoms with Crippen LogP contribution in [0.1, 0.15) is 27.2 Å². The Morgan fingerprint density at radius 2 is 2.40 bits per heavy atom. The molecule has 1 aliphatic heterocycles. The lowest BCUT2D eigenvalue weighted by molar-refractivity contribution is 0.105. The first-order chi connectivity index (χ1) is 4.70. The molecule has 58 valence electrons. The molecule has 0 fully saturated rings. The van der Waals surface area contributed by atoms with Gasteiger partial charge in [0.2, 0.25) is 0 Å². The minimum Gasteiger partial charge on any atom is -0.370 e. The molecule has 1 atom stereocenters. The van der Waals surface area contributed by atoms with E-state index in [-0.39, 0.29) is 0 Å². The van der Waals surface area contributed by atoms with Crippen LogP contribution < -0.4 is 0 Å². The predicted molar refractivity (Wildman–Crippen MR) is 43.0 cm³/mol. The first-order valence-corrected chi connectivity index (χ1v) is 3.98. The summed E-state index contributed by atoms with van der Waals surface area (Å²) in [5, 5.41) is 0. The summed E-state index contributed by atoms with van der Waals surface area (Å²) in [5.41, 5.74) is 1.41. The molecule has 0 aliphatic carbocycles. The van der Waals surface area contributed by atoms with Crippen LogP contribution in [-0.4, -0.2) is 12.7 Å². The summed E-state index contributed by atoms with van der Waals surface area (Å²) in [4.78, 5) is 0. The minimum atomic E-state index is 0.417. The average molecular weight is 140 g/mol. The van der Waals surface area contributed by atoms with Gasteiger partial charge in [-0.05, 0) is 24.8 Å². The predicted octanol–water partition coefficient (Wildman–Crippen LogP) is 2.38. The number of hydrogen-bond donors (Lipinski definition) is 0. The Morgan fingerprint density at radius 1 is 1.70 bits per heavy atom. The smallest absolute Gasteiger partial charge is 0.0789 e. The molecule has 0 amide bonds. The van der Waals surface area contributed by atoms with Crippen LogP contribution >= 0.6 is 0 Å². The Hall–Kier alpha value is -0.300. The summed E-state index contributed by atoms with van der Waals surface area (Å²) in [7, 11) is 0. The molecule has 1 aliphatic rings. The maximum Gasteiger partial charge on any atom is 0.0789 e. The monoisotopic (exact) mass is 140 g/mol. The molecule has 1 heterocycles. The molecule has 1 rings (SSSR count). The van der Waals surface area contributed by atoms with Crippen molar-refractivity contribution in [1.29, 1.82) is 0 Å². The van der Waals surface area contributed by atoms with Gasteiger partial charge in [0.05, 0.1) is 12.7 Å². The molecule has 0 bridgehead atoms. The van der Waals surface area contributed by atoms with Crippen molar-refractivity contribution in [3.05, 3.63) is 11.6 Å². The highest BCUT2D eigenvalue weighted by molar-refractivity contribution is 5.09. The van der Waals surface area contributed by atoms with Crippen molar-refractivity contribution >= 4 is 0 Å². The second kappa shape index (κ2) is 3.20. The second-order valence-electron chi connectivity index (χ2n) is 3.40. The lowest BCUT2D eigenvalue weighted by atomic mass is 10.0. The van der Waals surface area contributed by atoms with Crippen LogP contribution in [0.4, 0.5) is 0 Å². The van der Waals surface area contributed by atoms with E-state index in [1.165, 1.54) is 12.0 Å². The molecule has 0 aromatic rings. The topological polar surface area (TPSA) is 9.23 Å². The van der Waals surface area contributed by atoms with Crippen LogP contribution in [0.5, 0.6) is 0 Å². The zero-order valence-electron chi connectivity index (χ0n) is 7.05. The van der Waals surface area contributed by atoms with Crippen LogP contribution in [-0.2, 0) is 4.74 Å². The Bertz CT molecular complexity index is 136. The molecule has 0 saturated heterocycles. The fourth-order valence-corrected chi connectivity index (χ4v) is 1.24. The average Bonchev–Trinajstić information content (AvgIpc) is 2.15. The van der Waals surface area contributed by atoms with Gasteiger partial charge in [-0.3, -0.25) is 0 Å². The van der Waals surface area contributed by atoms with Crippen molar-refractivity contribution in [3.8, 4) is 0 Å². The number of rotatable bonds is 2. The normalized spacial score (nSPS) is 25.6. The highest BCUT2D eigenvalue weighted by Gasteiger charge is 2.16. The lowest BCUT2D eigenvalue weighted by Gasteiger charge is -2.13. The zero-order valence-corrected chi connectivity index (χ0v) is 7.05. The van der Waals surface area contributed by atoms with Gasteiger partial charge in [0.15, 0.2) is 0 Å². The molecule has 0 aromatic carbocycles. The summed E-state index contributed by atoms with van der Waals surface area (Å²) >= 11 is 0. The third-order valence-corrected chi connectivity index (χ3v) is 1.90. The molecule has 0 N–H and O–H groups in total. The van der Waals surface area contributed by atoms with Crippen LogP contribution in [0, 0.1) is 5.92 Å². The van der Waals surface area contributed by atoms with Crippen molar-refractivity contribution in [1.82, 2.24) is 0 Å². The van der Waals surface area contributed by atoms with Crippen LogP contribution in [0.3, 0.4) is 0 Å². The van der Waals surface area contributed by atoms with E-state index >= 15 is 0 Å². The molecule has 0 spiro atoms. The van der Waals surface area contributed by atoms with Gasteiger partial charge in [-0.1, -0.05) is 19.9 Å². The van der Waals surface area contributed by atoms with Crippen LogP contribution in [0.2, 0.25) is 0 Å². The van der Waals surface area contributed by atoms with Crippen LogP contribution in [0.15, 0.2) is 11.6 Å². The second-order valence-corrected chi connectivity index (χ2v) is 3.40. The summed E-state index contributed by atoms with van der Waals surface area (Å²) in [6, 6.07) is 0. The van der Waals surface area contributed by atoms with E-state index in [2.05, 4.69) is 26.8 Å². The van der Waals surface area contributed by atoms with E-state index in [0.717, 1.165) is 12.5 Å². The van der Waals surface area contributed by atoms with E-state index in [9.17, 15) is 0 Å². The molecular formula is C9H16O. The van der Waals surface area contributed by atoms with Gasteiger partial charge in [0.1, 0.15) is 0 Å². The number of hydrogen-bond acceptors (Lipinski definition) is 1. The van der Waals surface area contributed by atoms with Gasteiger partial charge < -0.3 is 4.74 Å². The van der Waals surface area contributed by atoms with Gasteiger partial charge in [-0.15, -0.1) is 0 Å². The molecular weight excluding hydrogens is 124 g/mol. The van der Waals surface area contributed by atoms with Gasteiger partial charge in [-0.25, -0.2) is 0 Å². The van der Waals surface area contributed by atoms with Gasteiger partial charge in [-0.2, -0.15) is 0 Å². The van der Waals surface area contributed by atoms with Gasteiger partial charge in [0, 0.05) is 0 Å². The van der Waals surface area contributed by atoms with E-state index < -0.39 is 0 Å². The van der Waals surface area contributed by atoms with E-state index in [1.807, 2.05) is 0 Å². The van der Waals surface area contributed by atoms with Gasteiger partial charge >= 0.3 is 0 Å². The summed E-state index contributed by atoms with van der Waals surface area (Å²) in [6.07, 6.45) is 3.76. The fraction of sp³-hybridized carbons (Fsp3) is 0.778. The van der Waals surface area contributed by atoms with E-state index in [1.54, 1.807) is 0 Å². The molecule has 0 radical (unpaired) electrons. The third kappa shape index (κ3) is 1.84. The van der Waals surface area contributed by atoms with Crippen LogP contribution in [0.25, 0.3) is 0 Å². The van der Waals surface area contributed by atoms with E-state index in [0.29, 0.717) is 6.10 Å². The minimum absolute atomic E-state index is 0.417. The Morgan fingerprint density at radius 3 is 2.80 bits per heavy atom. The quantitative estimate of drug-likeness (QED) is 0.535. The molecule has 0 saturated carbocycles. The molecule has 0 aromatic heterocycles. The largest absolute Gasteiger partial charge is 0.370 e. The SMILES string of the molecule is CC1=CCOC1CC(C)C. The van der Waals surface area contributed by atoms with Crippen molar-refractivity contribution in [2.24, 2.45) is 5.92 Å². The highest BCUT2D eigenvalue weighted by Crippen LogP contribution is 2.20. The summed E-state index contributed by atoms with van der Waals surface area (Å²) < 4.78 is 5.48. The van der Waals surface area contributed by atoms with Crippen molar-refractivity contribution in [2.45, 2.75) is 33.3 Å². The number of ether oxygens (including phenoxy) is 1. The van der Waals surface area contributed by atoms with Crippen molar-refractivity contribution < 1.29 is 4.74 Å². The Balaban J connectivity index is 2.35. The molecule has 1 heteroatoms. The summed E-state index contributed by atoms with van der Waals surface area (Å²) in [6.45, 7) is 7.44. The maximum atomic E-state index is 5.48.